The lowest BCUT2D eigenvalue weighted by Gasteiger charge is -2.34. The van der Waals surface area contributed by atoms with Crippen LogP contribution in [0.15, 0.2) is 48.5 Å². The molecule has 3 rings (SSSR count). The molecule has 1 heterocycles. The van der Waals surface area contributed by atoms with Gasteiger partial charge in [-0.1, -0.05) is 26.0 Å². The summed E-state index contributed by atoms with van der Waals surface area (Å²) in [5, 5.41) is 29.0. The van der Waals surface area contributed by atoms with Crippen LogP contribution in [-0.2, 0) is 4.74 Å². The van der Waals surface area contributed by atoms with Gasteiger partial charge in [-0.25, -0.2) is 0 Å². The molecule has 4 atom stereocenters. The average molecular weight is 360 g/mol. The third kappa shape index (κ3) is 4.34. The zero-order valence-corrected chi connectivity index (χ0v) is 14.8. The molecule has 26 heavy (non-hydrogen) atoms. The summed E-state index contributed by atoms with van der Waals surface area (Å²) in [5.74, 6) is 2.32. The fourth-order valence-corrected chi connectivity index (χ4v) is 2.66. The summed E-state index contributed by atoms with van der Waals surface area (Å²) in [6, 6.07) is 14.8. The van der Waals surface area contributed by atoms with Crippen molar-refractivity contribution < 1.29 is 29.5 Å². The summed E-state index contributed by atoms with van der Waals surface area (Å²) < 4.78 is 16.6. The van der Waals surface area contributed by atoms with E-state index in [-0.39, 0.29) is 6.61 Å². The van der Waals surface area contributed by atoms with Gasteiger partial charge < -0.3 is 29.5 Å². The van der Waals surface area contributed by atoms with Crippen molar-refractivity contribution in [1.29, 1.82) is 0 Å². The van der Waals surface area contributed by atoms with Crippen molar-refractivity contribution >= 4 is 0 Å². The van der Waals surface area contributed by atoms with E-state index in [1.165, 1.54) is 5.56 Å². The highest BCUT2D eigenvalue weighted by Gasteiger charge is 2.38. The molecular weight excluding hydrogens is 336 g/mol. The first-order valence-corrected chi connectivity index (χ1v) is 8.64. The van der Waals surface area contributed by atoms with Crippen LogP contribution in [0.3, 0.4) is 0 Å². The van der Waals surface area contributed by atoms with Crippen LogP contribution in [0, 0.1) is 0 Å². The molecule has 0 aliphatic carbocycles. The number of ether oxygens (including phenoxy) is 3. The Kier molecular flexibility index (Phi) is 5.78. The van der Waals surface area contributed by atoms with Crippen LogP contribution in [-0.4, -0.2) is 46.5 Å². The van der Waals surface area contributed by atoms with Gasteiger partial charge in [-0.05, 0) is 47.9 Å². The fraction of sp³-hybridized carbons (Fsp3) is 0.400. The molecule has 2 aromatic carbocycles. The normalized spacial score (nSPS) is 25.9. The van der Waals surface area contributed by atoms with Crippen LogP contribution in [0.1, 0.15) is 25.3 Å². The smallest absolute Gasteiger partial charge is 0.228 e. The molecule has 0 unspecified atom stereocenters. The number of hydrogen-bond acceptors (Lipinski definition) is 6. The average Bonchev–Trinajstić information content (AvgIpc) is 2.64. The summed E-state index contributed by atoms with van der Waals surface area (Å²) in [5.41, 5.74) is 1.25. The van der Waals surface area contributed by atoms with Gasteiger partial charge in [-0.2, -0.15) is 0 Å². The number of benzene rings is 2. The van der Waals surface area contributed by atoms with E-state index in [1.807, 2.05) is 24.3 Å². The van der Waals surface area contributed by atoms with Crippen LogP contribution in [0.2, 0.25) is 0 Å². The molecular formula is C20H24O6. The molecule has 1 fully saturated rings. The predicted octanol–water partition coefficient (Wildman–Crippen LogP) is 2.42. The van der Waals surface area contributed by atoms with E-state index in [2.05, 4.69) is 13.8 Å². The van der Waals surface area contributed by atoms with Gasteiger partial charge in [-0.15, -0.1) is 0 Å². The molecule has 0 saturated carbocycles. The minimum Gasteiger partial charge on any atom is -0.462 e. The van der Waals surface area contributed by atoms with Gasteiger partial charge in [0.25, 0.3) is 0 Å². The van der Waals surface area contributed by atoms with E-state index in [1.54, 1.807) is 24.3 Å². The van der Waals surface area contributed by atoms with E-state index in [0.29, 0.717) is 17.4 Å². The van der Waals surface area contributed by atoms with Gasteiger partial charge in [0.1, 0.15) is 35.6 Å². The van der Waals surface area contributed by atoms with Crippen LogP contribution in [0.4, 0.5) is 0 Å². The van der Waals surface area contributed by atoms with Gasteiger partial charge in [0, 0.05) is 0 Å². The molecule has 140 valence electrons. The van der Waals surface area contributed by atoms with Crippen LogP contribution < -0.4 is 9.47 Å². The highest BCUT2D eigenvalue weighted by Crippen LogP contribution is 2.27. The second kappa shape index (κ2) is 8.05. The summed E-state index contributed by atoms with van der Waals surface area (Å²) in [7, 11) is 0. The Hall–Kier alpha value is -2.12. The third-order valence-corrected chi connectivity index (χ3v) is 4.31. The second-order valence-electron chi connectivity index (χ2n) is 6.67. The van der Waals surface area contributed by atoms with Crippen molar-refractivity contribution in [3.8, 4) is 17.2 Å². The first-order chi connectivity index (χ1) is 12.4. The van der Waals surface area contributed by atoms with E-state index in [4.69, 9.17) is 14.2 Å². The number of aliphatic hydroxyl groups is 3. The second-order valence-corrected chi connectivity index (χ2v) is 6.67. The number of aliphatic hydroxyl groups excluding tert-OH is 3. The van der Waals surface area contributed by atoms with Crippen molar-refractivity contribution in [2.45, 2.75) is 44.4 Å². The summed E-state index contributed by atoms with van der Waals surface area (Å²) in [4.78, 5) is 0. The van der Waals surface area contributed by atoms with Crippen LogP contribution in [0.25, 0.3) is 0 Å². The molecule has 3 N–H and O–H groups in total. The van der Waals surface area contributed by atoms with Crippen molar-refractivity contribution in [3.05, 3.63) is 54.1 Å². The minimum atomic E-state index is -1.32. The Morgan fingerprint density at radius 1 is 0.846 bits per heavy atom. The molecule has 0 amide bonds. The molecule has 0 radical (unpaired) electrons. The molecule has 1 aliphatic heterocycles. The highest BCUT2D eigenvalue weighted by molar-refractivity contribution is 5.36. The van der Waals surface area contributed by atoms with Crippen molar-refractivity contribution in [2.24, 2.45) is 0 Å². The molecule has 1 saturated heterocycles. The maximum absolute atomic E-state index is 9.90. The Morgan fingerprint density at radius 3 is 1.96 bits per heavy atom. The van der Waals surface area contributed by atoms with Crippen molar-refractivity contribution in [2.75, 3.05) is 6.61 Å². The SMILES string of the molecule is CC(C)c1ccc(Oc2ccc(O[C@H]3OC[C@@H](O)[C@H](O)[C@H]3O)cc2)cc1. The Labute approximate surface area is 152 Å². The molecule has 0 bridgehead atoms. The monoisotopic (exact) mass is 360 g/mol. The molecule has 0 aromatic heterocycles. The van der Waals surface area contributed by atoms with E-state index >= 15 is 0 Å². The highest BCUT2D eigenvalue weighted by atomic mass is 16.7. The zero-order chi connectivity index (χ0) is 18.7. The van der Waals surface area contributed by atoms with E-state index in [0.717, 1.165) is 5.75 Å². The molecule has 0 spiro atoms. The first kappa shape index (κ1) is 18.7. The Morgan fingerprint density at radius 2 is 1.38 bits per heavy atom. The topological polar surface area (TPSA) is 88.4 Å². The largest absolute Gasteiger partial charge is 0.462 e. The van der Waals surface area contributed by atoms with E-state index < -0.39 is 24.6 Å². The summed E-state index contributed by atoms with van der Waals surface area (Å²) in [6.45, 7) is 4.18. The molecule has 6 heteroatoms. The van der Waals surface area contributed by atoms with Crippen molar-refractivity contribution in [3.63, 3.8) is 0 Å². The molecule has 6 nitrogen and oxygen atoms in total. The van der Waals surface area contributed by atoms with Gasteiger partial charge in [0.15, 0.2) is 0 Å². The number of hydrogen-bond donors (Lipinski definition) is 3. The molecule has 1 aliphatic rings. The lowest BCUT2D eigenvalue weighted by molar-refractivity contribution is -0.242. The minimum absolute atomic E-state index is 0.101. The maximum atomic E-state index is 9.90. The van der Waals surface area contributed by atoms with Crippen LogP contribution in [0.5, 0.6) is 17.2 Å². The lowest BCUT2D eigenvalue weighted by atomic mass is 10.0. The van der Waals surface area contributed by atoms with E-state index in [9.17, 15) is 15.3 Å². The predicted molar refractivity (Wildman–Crippen MR) is 95.4 cm³/mol. The quantitative estimate of drug-likeness (QED) is 0.759. The summed E-state index contributed by atoms with van der Waals surface area (Å²) >= 11 is 0. The van der Waals surface area contributed by atoms with Gasteiger partial charge in [0.2, 0.25) is 6.29 Å². The lowest BCUT2D eigenvalue weighted by Crippen LogP contribution is -2.54. The van der Waals surface area contributed by atoms with Gasteiger partial charge in [-0.3, -0.25) is 0 Å². The zero-order valence-electron chi connectivity index (χ0n) is 14.8. The van der Waals surface area contributed by atoms with Crippen molar-refractivity contribution in [1.82, 2.24) is 0 Å². The third-order valence-electron chi connectivity index (χ3n) is 4.31. The first-order valence-electron chi connectivity index (χ1n) is 8.64. The van der Waals surface area contributed by atoms with Crippen LogP contribution >= 0.6 is 0 Å². The standard InChI is InChI=1S/C20H24O6/c1-12(2)13-3-5-14(6-4-13)25-15-7-9-16(10-8-15)26-20-19(23)18(22)17(21)11-24-20/h3-10,12,17-23H,11H2,1-2H3/t17-,18+,19-,20-/m1/s1. The number of rotatable bonds is 5. The fourth-order valence-electron chi connectivity index (χ4n) is 2.66. The molecule has 2 aromatic rings. The van der Waals surface area contributed by atoms with Gasteiger partial charge in [0.05, 0.1) is 6.61 Å². The maximum Gasteiger partial charge on any atom is 0.228 e. The Balaban J connectivity index is 1.60. The van der Waals surface area contributed by atoms with Gasteiger partial charge >= 0.3 is 0 Å². The Bertz CT molecular complexity index is 697. The summed E-state index contributed by atoms with van der Waals surface area (Å²) in [6.07, 6.45) is -4.79.